The Morgan fingerprint density at radius 3 is 1.87 bits per heavy atom. The van der Waals surface area contributed by atoms with Crippen molar-refractivity contribution in [2.24, 2.45) is 34.5 Å². The summed E-state index contributed by atoms with van der Waals surface area (Å²) in [5.41, 5.74) is -0.892. The van der Waals surface area contributed by atoms with Gasteiger partial charge in [0.1, 0.15) is 24.9 Å². The molecule has 3 unspecified atom stereocenters. The first-order valence-corrected chi connectivity index (χ1v) is 20.9. The summed E-state index contributed by atoms with van der Waals surface area (Å²) in [4.78, 5) is 11.9. The molecule has 0 aromatic heterocycles. The van der Waals surface area contributed by atoms with Gasteiger partial charge in [0.15, 0.2) is 18.9 Å². The Bertz CT molecular complexity index is 1410. The highest BCUT2D eigenvalue weighted by molar-refractivity contribution is 5.85. The van der Waals surface area contributed by atoms with Crippen LogP contribution in [0.25, 0.3) is 0 Å². The van der Waals surface area contributed by atoms with E-state index >= 15 is 0 Å². The fourth-order valence-corrected chi connectivity index (χ4v) is 12.8. The number of aliphatic hydroxyl groups is 6. The van der Waals surface area contributed by atoms with Crippen molar-refractivity contribution >= 4 is 5.97 Å². The summed E-state index contributed by atoms with van der Waals surface area (Å²) in [5.74, 6) is 0.204. The Balaban J connectivity index is 0.837. The molecule has 4 aliphatic carbocycles. The molecule has 8 aliphatic rings. The molecule has 8 rings (SSSR count). The van der Waals surface area contributed by atoms with Crippen LogP contribution in [-0.4, -0.2) is 135 Å². The van der Waals surface area contributed by atoms with E-state index in [4.69, 9.17) is 33.2 Å². The molecule has 55 heavy (non-hydrogen) atoms. The van der Waals surface area contributed by atoms with E-state index in [0.717, 1.165) is 44.1 Å². The lowest BCUT2D eigenvalue weighted by Gasteiger charge is -2.65. The molecule has 0 spiro atoms. The minimum atomic E-state index is -1.01. The first kappa shape index (κ1) is 40.5. The highest BCUT2D eigenvalue weighted by Crippen LogP contribution is 2.70. The second-order valence-electron chi connectivity index (χ2n) is 18.8. The molecule has 3 saturated heterocycles. The van der Waals surface area contributed by atoms with Gasteiger partial charge in [-0.15, -0.1) is 0 Å². The first-order valence-electron chi connectivity index (χ1n) is 20.9. The molecule has 4 heterocycles. The number of hydrogen-bond acceptors (Lipinski definition) is 14. The summed E-state index contributed by atoms with van der Waals surface area (Å²) < 4.78 is 42.1. The van der Waals surface area contributed by atoms with Crippen LogP contribution in [0.3, 0.4) is 0 Å². The zero-order valence-corrected chi connectivity index (χ0v) is 32.9. The quantitative estimate of drug-likeness (QED) is 0.162. The fraction of sp³-hybridized carbons (Fsp3) is 0.927. The Morgan fingerprint density at radius 1 is 0.691 bits per heavy atom. The molecule has 14 nitrogen and oxygen atoms in total. The van der Waals surface area contributed by atoms with Crippen LogP contribution in [-0.2, 0) is 38.0 Å². The third-order valence-electron chi connectivity index (χ3n) is 16.0. The van der Waals surface area contributed by atoms with Crippen LogP contribution in [0.15, 0.2) is 11.6 Å². The Morgan fingerprint density at radius 2 is 1.29 bits per heavy atom. The molecule has 0 radical (unpaired) electrons. The van der Waals surface area contributed by atoms with Crippen LogP contribution < -0.4 is 0 Å². The predicted octanol–water partition coefficient (Wildman–Crippen LogP) is 2.22. The van der Waals surface area contributed by atoms with E-state index in [1.807, 2.05) is 13.8 Å². The second kappa shape index (κ2) is 15.1. The fourth-order valence-electron chi connectivity index (χ4n) is 12.8. The summed E-state index contributed by atoms with van der Waals surface area (Å²) >= 11 is 0. The SMILES string of the molecule is C[C@H]1OC(O[C@H]2[C@@H](O)CC(O[C@H]3[C@@H](O)CC(O[C@H]4CC[C@@]5(C)[C@H](CC[C@@H]6[C@@H]5C[C@@H](O)[C@]5(C)[C@@H](C7=CC(=O)OC7)CC[C@]65O)C4)O[C@@H]3C)O[C@@H]2C)C[C@H](O)[C@@H]1O. The van der Waals surface area contributed by atoms with Gasteiger partial charge in [0.25, 0.3) is 0 Å². The first-order chi connectivity index (χ1) is 26.0. The minimum absolute atomic E-state index is 0.0452. The Hall–Kier alpha value is -1.27. The number of ether oxygens (including phenoxy) is 7. The van der Waals surface area contributed by atoms with Gasteiger partial charge in [0.2, 0.25) is 0 Å². The number of aliphatic hydroxyl groups excluding tert-OH is 5. The van der Waals surface area contributed by atoms with Crippen LogP contribution in [0.1, 0.15) is 105 Å². The van der Waals surface area contributed by atoms with Gasteiger partial charge >= 0.3 is 5.97 Å². The molecular formula is C41H64O14. The van der Waals surface area contributed by atoms with Crippen LogP contribution in [0.2, 0.25) is 0 Å². The number of cyclic esters (lactones) is 1. The van der Waals surface area contributed by atoms with Gasteiger partial charge < -0.3 is 63.8 Å². The average molecular weight is 781 g/mol. The van der Waals surface area contributed by atoms with E-state index < -0.39 is 90.9 Å². The highest BCUT2D eigenvalue weighted by atomic mass is 16.7. The molecule has 21 atom stereocenters. The number of rotatable bonds is 7. The zero-order valence-electron chi connectivity index (χ0n) is 32.9. The predicted molar refractivity (Wildman–Crippen MR) is 193 cm³/mol. The average Bonchev–Trinajstić information content (AvgIpc) is 3.67. The van der Waals surface area contributed by atoms with Crippen molar-refractivity contribution in [2.45, 2.75) is 197 Å². The van der Waals surface area contributed by atoms with Gasteiger partial charge in [0.05, 0.1) is 54.4 Å². The van der Waals surface area contributed by atoms with Crippen molar-refractivity contribution in [3.8, 4) is 0 Å². The summed E-state index contributed by atoms with van der Waals surface area (Å²) in [6, 6.07) is 0. The molecule has 4 saturated carbocycles. The number of carbonyl (C=O) groups is 1. The molecule has 0 aromatic carbocycles. The molecule has 0 aromatic rings. The standard InChI is InChI=1S/C41H64O14/c1-19-36(47)28(42)15-34(50-19)54-38-21(3)52-35(17-30(38)44)55-37-20(2)51-33(16-29(37)43)53-24-8-10-39(4)23(13-24)6-7-26-27(39)14-31(45)40(5)25(9-11-41(26,40)48)22-12-32(46)49-18-22/h12,19-21,23-31,33-38,42-45,47-48H,6-11,13-18H2,1-5H3/t19-,20-,21-,23-,24+,25-,26-,27+,28+,29+,30+,31-,33?,34?,35?,36-,37-,38-,39+,40+,41+/m1/s1. The van der Waals surface area contributed by atoms with Crippen molar-refractivity contribution in [1.82, 2.24) is 0 Å². The number of fused-ring (bicyclic) bond motifs is 5. The maximum absolute atomic E-state index is 12.6. The van der Waals surface area contributed by atoms with Crippen molar-refractivity contribution in [2.75, 3.05) is 6.61 Å². The topological polar surface area (TPSA) is 203 Å². The number of esters is 1. The van der Waals surface area contributed by atoms with Gasteiger partial charge in [-0.2, -0.15) is 0 Å². The van der Waals surface area contributed by atoms with Crippen molar-refractivity contribution < 1.29 is 68.6 Å². The van der Waals surface area contributed by atoms with Crippen LogP contribution in [0, 0.1) is 34.5 Å². The molecule has 14 heteroatoms. The summed E-state index contributed by atoms with van der Waals surface area (Å²) in [5, 5.41) is 66.9. The molecule has 4 aliphatic heterocycles. The highest BCUT2D eigenvalue weighted by Gasteiger charge is 2.71. The van der Waals surface area contributed by atoms with Crippen molar-refractivity contribution in [3.05, 3.63) is 11.6 Å². The van der Waals surface area contributed by atoms with Crippen LogP contribution in [0.4, 0.5) is 0 Å². The van der Waals surface area contributed by atoms with Gasteiger partial charge in [0, 0.05) is 30.8 Å². The molecule has 312 valence electrons. The zero-order chi connectivity index (χ0) is 39.2. The van der Waals surface area contributed by atoms with E-state index in [1.165, 1.54) is 0 Å². The van der Waals surface area contributed by atoms with E-state index in [2.05, 4.69) is 6.92 Å². The summed E-state index contributed by atoms with van der Waals surface area (Å²) in [7, 11) is 0. The molecule has 7 fully saturated rings. The van der Waals surface area contributed by atoms with E-state index in [0.29, 0.717) is 18.8 Å². The van der Waals surface area contributed by atoms with Gasteiger partial charge in [-0.1, -0.05) is 13.8 Å². The maximum atomic E-state index is 12.6. The smallest absolute Gasteiger partial charge is 0.331 e. The van der Waals surface area contributed by atoms with Gasteiger partial charge in [-0.05, 0) is 107 Å². The molecular weight excluding hydrogens is 716 g/mol. The summed E-state index contributed by atoms with van der Waals surface area (Å²) in [6.07, 6.45) is -1.51. The summed E-state index contributed by atoms with van der Waals surface area (Å²) in [6.45, 7) is 9.90. The lowest BCUT2D eigenvalue weighted by molar-refractivity contribution is -0.336. The number of hydrogen-bond donors (Lipinski definition) is 6. The Labute approximate surface area is 323 Å². The minimum Gasteiger partial charge on any atom is -0.458 e. The Kier molecular flexibility index (Phi) is 11.1. The van der Waals surface area contributed by atoms with Gasteiger partial charge in [-0.3, -0.25) is 0 Å². The molecule has 6 N–H and O–H groups in total. The second-order valence-corrected chi connectivity index (χ2v) is 18.8. The third kappa shape index (κ3) is 6.95. The molecule has 0 bridgehead atoms. The normalized spacial score (nSPS) is 55.5. The van der Waals surface area contributed by atoms with E-state index in [-0.39, 0.29) is 61.1 Å². The van der Waals surface area contributed by atoms with E-state index in [1.54, 1.807) is 19.9 Å². The largest absolute Gasteiger partial charge is 0.458 e. The van der Waals surface area contributed by atoms with Crippen LogP contribution in [0.5, 0.6) is 0 Å². The van der Waals surface area contributed by atoms with Gasteiger partial charge in [-0.25, -0.2) is 4.79 Å². The van der Waals surface area contributed by atoms with E-state index in [9.17, 15) is 35.4 Å². The lowest BCUT2D eigenvalue weighted by atomic mass is 9.42. The number of carbonyl (C=O) groups excluding carboxylic acids is 1. The van der Waals surface area contributed by atoms with Crippen molar-refractivity contribution in [1.29, 1.82) is 0 Å². The van der Waals surface area contributed by atoms with Crippen molar-refractivity contribution in [3.63, 3.8) is 0 Å². The maximum Gasteiger partial charge on any atom is 0.331 e. The third-order valence-corrected chi connectivity index (χ3v) is 16.0. The monoisotopic (exact) mass is 780 g/mol. The van der Waals surface area contributed by atoms with Crippen LogP contribution >= 0.6 is 0 Å². The molecule has 0 amide bonds. The lowest BCUT2D eigenvalue weighted by Crippen LogP contribution is -2.67.